The number of unbranched alkanes of at least 4 members (excludes halogenated alkanes) is 4. The Morgan fingerprint density at radius 2 is 1.48 bits per heavy atom. The van der Waals surface area contributed by atoms with Crippen LogP contribution in [0.4, 0.5) is 13.2 Å². The number of esters is 1. The van der Waals surface area contributed by atoms with Crippen molar-refractivity contribution in [3.05, 3.63) is 29.6 Å². The lowest BCUT2D eigenvalue weighted by molar-refractivity contribution is -0.134. The Labute approximate surface area is 160 Å². The standard InChI is InChI=1S/C22H31F3O2/c1-2-3-4-5-6-7-16-8-10-17(11-9-16)12-13-21(26)27-18-14-19(23)22(25)20(24)15-18/h14-17H,2-13H2,1H3/t16-,17-. The van der Waals surface area contributed by atoms with E-state index in [1.807, 2.05) is 0 Å². The first kappa shape index (κ1) is 21.8. The highest BCUT2D eigenvalue weighted by atomic mass is 19.2. The second kappa shape index (κ2) is 11.4. The first-order valence-corrected chi connectivity index (χ1v) is 10.3. The molecule has 152 valence electrons. The third-order valence-electron chi connectivity index (χ3n) is 5.63. The number of benzene rings is 1. The lowest BCUT2D eigenvalue weighted by Crippen LogP contribution is -2.17. The van der Waals surface area contributed by atoms with Gasteiger partial charge in [-0.25, -0.2) is 13.2 Å². The Kier molecular flexibility index (Phi) is 9.16. The number of hydrogen-bond acceptors (Lipinski definition) is 2. The predicted octanol–water partition coefficient (Wildman–Crippen LogP) is 6.96. The average molecular weight is 384 g/mol. The molecule has 27 heavy (non-hydrogen) atoms. The van der Waals surface area contributed by atoms with Crippen molar-refractivity contribution in [2.45, 2.75) is 84.0 Å². The fourth-order valence-electron chi connectivity index (χ4n) is 3.94. The first-order chi connectivity index (χ1) is 13.0. The van der Waals surface area contributed by atoms with E-state index < -0.39 is 23.4 Å². The number of carbonyl (C=O) groups is 1. The van der Waals surface area contributed by atoms with Crippen LogP contribution in [0.3, 0.4) is 0 Å². The molecular formula is C22H31F3O2. The molecule has 0 amide bonds. The molecule has 1 aromatic carbocycles. The molecule has 0 spiro atoms. The van der Waals surface area contributed by atoms with Crippen molar-refractivity contribution in [1.82, 2.24) is 0 Å². The van der Waals surface area contributed by atoms with Gasteiger partial charge in [-0.1, -0.05) is 71.1 Å². The largest absolute Gasteiger partial charge is 0.426 e. The maximum atomic E-state index is 13.1. The minimum Gasteiger partial charge on any atom is -0.426 e. The Bertz CT molecular complexity index is 572. The van der Waals surface area contributed by atoms with E-state index in [0.29, 0.717) is 18.1 Å². The van der Waals surface area contributed by atoms with Gasteiger partial charge in [0.25, 0.3) is 0 Å². The summed E-state index contributed by atoms with van der Waals surface area (Å²) in [5.74, 6) is -3.76. The molecule has 1 aliphatic carbocycles. The molecule has 1 fully saturated rings. The highest BCUT2D eigenvalue weighted by Crippen LogP contribution is 2.34. The Morgan fingerprint density at radius 1 is 0.926 bits per heavy atom. The molecule has 0 heterocycles. The second-order valence-corrected chi connectivity index (χ2v) is 7.80. The Morgan fingerprint density at radius 3 is 2.07 bits per heavy atom. The molecule has 5 heteroatoms. The lowest BCUT2D eigenvalue weighted by atomic mass is 9.78. The molecule has 1 saturated carbocycles. The van der Waals surface area contributed by atoms with Crippen LogP contribution in [0.5, 0.6) is 5.75 Å². The SMILES string of the molecule is CCCCCCC[C@H]1CC[C@H](CCC(=O)Oc2cc(F)c(F)c(F)c2)CC1. The minimum atomic E-state index is -1.56. The van der Waals surface area contributed by atoms with Crippen LogP contribution in [-0.4, -0.2) is 5.97 Å². The summed E-state index contributed by atoms with van der Waals surface area (Å²) in [6, 6.07) is 1.39. The van der Waals surface area contributed by atoms with Crippen LogP contribution in [0.15, 0.2) is 12.1 Å². The van der Waals surface area contributed by atoms with Crippen molar-refractivity contribution in [3.63, 3.8) is 0 Å². The maximum Gasteiger partial charge on any atom is 0.311 e. The number of ether oxygens (including phenoxy) is 1. The highest BCUT2D eigenvalue weighted by Gasteiger charge is 2.22. The van der Waals surface area contributed by atoms with Gasteiger partial charge >= 0.3 is 5.97 Å². The van der Waals surface area contributed by atoms with Gasteiger partial charge in [0, 0.05) is 18.6 Å². The fraction of sp³-hybridized carbons (Fsp3) is 0.682. The molecule has 0 bridgehead atoms. The molecule has 0 saturated heterocycles. The van der Waals surface area contributed by atoms with E-state index in [1.54, 1.807) is 0 Å². The van der Waals surface area contributed by atoms with Crippen LogP contribution in [0.2, 0.25) is 0 Å². The molecule has 0 N–H and O–H groups in total. The number of rotatable bonds is 10. The molecule has 0 aromatic heterocycles. The van der Waals surface area contributed by atoms with Crippen LogP contribution < -0.4 is 4.74 Å². The summed E-state index contributed by atoms with van der Waals surface area (Å²) in [5, 5.41) is 0. The molecule has 2 nitrogen and oxygen atoms in total. The molecule has 0 atom stereocenters. The Balaban J connectivity index is 1.63. The molecule has 1 aliphatic rings. The highest BCUT2D eigenvalue weighted by molar-refractivity contribution is 5.72. The van der Waals surface area contributed by atoms with Gasteiger partial charge in [-0.2, -0.15) is 0 Å². The van der Waals surface area contributed by atoms with E-state index in [4.69, 9.17) is 4.74 Å². The van der Waals surface area contributed by atoms with Gasteiger partial charge in [0.15, 0.2) is 17.5 Å². The summed E-state index contributed by atoms with van der Waals surface area (Å²) in [5.41, 5.74) is 0. The first-order valence-electron chi connectivity index (χ1n) is 10.3. The van der Waals surface area contributed by atoms with Crippen molar-refractivity contribution in [2.75, 3.05) is 0 Å². The maximum absolute atomic E-state index is 13.1. The van der Waals surface area contributed by atoms with Gasteiger partial charge < -0.3 is 4.74 Å². The number of carbonyl (C=O) groups excluding carboxylic acids is 1. The van der Waals surface area contributed by atoms with E-state index in [1.165, 1.54) is 51.4 Å². The summed E-state index contributed by atoms with van der Waals surface area (Å²) < 4.78 is 44.1. The molecule has 0 radical (unpaired) electrons. The Hall–Kier alpha value is -1.52. The zero-order valence-electron chi connectivity index (χ0n) is 16.2. The average Bonchev–Trinajstić information content (AvgIpc) is 2.65. The van der Waals surface area contributed by atoms with Crippen LogP contribution in [0, 0.1) is 29.3 Å². The van der Waals surface area contributed by atoms with Gasteiger partial charge in [-0.05, 0) is 18.3 Å². The second-order valence-electron chi connectivity index (χ2n) is 7.80. The topological polar surface area (TPSA) is 26.3 Å². The van der Waals surface area contributed by atoms with Gasteiger partial charge in [0.05, 0.1) is 0 Å². The summed E-state index contributed by atoms with van der Waals surface area (Å²) in [4.78, 5) is 11.9. The summed E-state index contributed by atoms with van der Waals surface area (Å²) >= 11 is 0. The van der Waals surface area contributed by atoms with E-state index in [-0.39, 0.29) is 12.2 Å². The van der Waals surface area contributed by atoms with E-state index >= 15 is 0 Å². The third kappa shape index (κ3) is 7.55. The summed E-state index contributed by atoms with van der Waals surface area (Å²) in [6.07, 6.45) is 13.6. The normalized spacial score (nSPS) is 19.9. The zero-order chi connectivity index (χ0) is 19.6. The summed E-state index contributed by atoms with van der Waals surface area (Å²) in [7, 11) is 0. The fourth-order valence-corrected chi connectivity index (χ4v) is 3.94. The van der Waals surface area contributed by atoms with Crippen LogP contribution >= 0.6 is 0 Å². The zero-order valence-corrected chi connectivity index (χ0v) is 16.2. The van der Waals surface area contributed by atoms with Crippen LogP contribution in [0.25, 0.3) is 0 Å². The number of hydrogen-bond donors (Lipinski definition) is 0. The quantitative estimate of drug-likeness (QED) is 0.189. The summed E-state index contributed by atoms with van der Waals surface area (Å²) in [6.45, 7) is 2.23. The van der Waals surface area contributed by atoms with E-state index in [9.17, 15) is 18.0 Å². The van der Waals surface area contributed by atoms with Gasteiger partial charge in [0.2, 0.25) is 0 Å². The molecule has 0 unspecified atom stereocenters. The molecular weight excluding hydrogens is 353 g/mol. The van der Waals surface area contributed by atoms with Crippen molar-refractivity contribution in [1.29, 1.82) is 0 Å². The van der Waals surface area contributed by atoms with Crippen molar-refractivity contribution in [3.8, 4) is 5.75 Å². The monoisotopic (exact) mass is 384 g/mol. The van der Waals surface area contributed by atoms with Gasteiger partial charge in [0.1, 0.15) is 5.75 Å². The molecule has 0 aliphatic heterocycles. The van der Waals surface area contributed by atoms with Crippen molar-refractivity contribution in [2.24, 2.45) is 11.8 Å². The van der Waals surface area contributed by atoms with Gasteiger partial charge in [-0.15, -0.1) is 0 Å². The van der Waals surface area contributed by atoms with Crippen molar-refractivity contribution >= 4 is 5.97 Å². The number of halogens is 3. The van der Waals surface area contributed by atoms with Crippen LogP contribution in [0.1, 0.15) is 84.0 Å². The van der Waals surface area contributed by atoms with Gasteiger partial charge in [-0.3, -0.25) is 4.79 Å². The van der Waals surface area contributed by atoms with Crippen LogP contribution in [-0.2, 0) is 4.79 Å². The van der Waals surface area contributed by atoms with E-state index in [0.717, 1.165) is 25.2 Å². The van der Waals surface area contributed by atoms with E-state index in [2.05, 4.69) is 6.92 Å². The molecule has 2 rings (SSSR count). The lowest BCUT2D eigenvalue weighted by Gasteiger charge is -2.28. The molecule has 1 aromatic rings. The minimum absolute atomic E-state index is 0.215. The van der Waals surface area contributed by atoms with Crippen molar-refractivity contribution < 1.29 is 22.7 Å². The smallest absolute Gasteiger partial charge is 0.311 e. The predicted molar refractivity (Wildman–Crippen MR) is 100 cm³/mol. The third-order valence-corrected chi connectivity index (χ3v) is 5.63.